The van der Waals surface area contributed by atoms with Crippen LogP contribution in [-0.2, 0) is 38.4 Å². The van der Waals surface area contributed by atoms with Crippen molar-refractivity contribution >= 4 is 35.9 Å². The van der Waals surface area contributed by atoms with Crippen molar-refractivity contribution in [1.82, 2.24) is 20.6 Å². The lowest BCUT2D eigenvalue weighted by Gasteiger charge is -2.07. The second-order valence-corrected chi connectivity index (χ2v) is 10.7. The second-order valence-electron chi connectivity index (χ2n) is 10.7. The van der Waals surface area contributed by atoms with Crippen molar-refractivity contribution in [3.63, 3.8) is 0 Å². The van der Waals surface area contributed by atoms with Crippen molar-refractivity contribution in [1.29, 1.82) is 0 Å². The first kappa shape index (κ1) is 30.8. The maximum atomic E-state index is 12.3. The number of carboxylic acids is 2. The monoisotopic (exact) mass is 585 g/mol. The van der Waals surface area contributed by atoms with Crippen molar-refractivity contribution in [3.8, 4) is 0 Å². The molecule has 0 bridgehead atoms. The van der Waals surface area contributed by atoms with Gasteiger partial charge in [-0.15, -0.1) is 0 Å². The molecule has 10 nitrogen and oxygen atoms in total. The van der Waals surface area contributed by atoms with Crippen LogP contribution in [0, 0.1) is 13.8 Å². The van der Waals surface area contributed by atoms with Crippen molar-refractivity contribution < 1.29 is 29.4 Å². The molecule has 6 N–H and O–H groups in total. The van der Waals surface area contributed by atoms with Gasteiger partial charge >= 0.3 is 11.9 Å². The Hall–Kier alpha value is -5.12. The van der Waals surface area contributed by atoms with Gasteiger partial charge in [0, 0.05) is 64.5 Å². The quantitative estimate of drug-likeness (QED) is 0.200. The summed E-state index contributed by atoms with van der Waals surface area (Å²) in [5.74, 6) is -2.28. The average molecular weight is 586 g/mol. The number of nitrogens with one attached hydrogen (secondary N) is 4. The number of H-pyrrole nitrogens is 2. The van der Waals surface area contributed by atoms with Gasteiger partial charge < -0.3 is 30.8 Å². The minimum atomic E-state index is -0.922. The minimum Gasteiger partial charge on any atom is -0.481 e. The number of carboxylic acid groups (broad SMARTS) is 2. The predicted octanol–water partition coefficient (Wildman–Crippen LogP) is 4.53. The second kappa shape index (κ2) is 12.4. The number of rotatable bonds is 12. The van der Waals surface area contributed by atoms with E-state index in [1.165, 1.54) is 6.08 Å². The summed E-state index contributed by atoms with van der Waals surface area (Å²) in [7, 11) is 0. The minimum absolute atomic E-state index is 0.0688. The van der Waals surface area contributed by atoms with Gasteiger partial charge in [-0.05, 0) is 80.5 Å². The average Bonchev–Trinajstić information content (AvgIpc) is 3.59. The van der Waals surface area contributed by atoms with Crippen LogP contribution in [0.5, 0.6) is 0 Å². The molecule has 4 heterocycles. The van der Waals surface area contributed by atoms with Gasteiger partial charge in [0.1, 0.15) is 0 Å². The van der Waals surface area contributed by atoms with Gasteiger partial charge in [0.25, 0.3) is 11.8 Å². The van der Waals surface area contributed by atoms with Gasteiger partial charge in [-0.1, -0.05) is 25.3 Å². The van der Waals surface area contributed by atoms with Gasteiger partial charge in [0.15, 0.2) is 0 Å². The number of aromatic nitrogens is 2. The summed E-state index contributed by atoms with van der Waals surface area (Å²) in [6.45, 7) is 14.9. The lowest BCUT2D eigenvalue weighted by Crippen LogP contribution is -2.15. The van der Waals surface area contributed by atoms with Crippen LogP contribution in [0.2, 0.25) is 0 Å². The summed E-state index contributed by atoms with van der Waals surface area (Å²) in [5.41, 5.74) is 10.2. The zero-order chi connectivity index (χ0) is 31.6. The van der Waals surface area contributed by atoms with Crippen LogP contribution >= 0.6 is 0 Å². The van der Waals surface area contributed by atoms with Crippen molar-refractivity contribution in [2.45, 2.75) is 59.8 Å². The lowest BCUT2D eigenvalue weighted by molar-refractivity contribution is -0.138. The zero-order valence-corrected chi connectivity index (χ0v) is 24.8. The molecule has 0 unspecified atom stereocenters. The molecule has 2 aromatic heterocycles. The first-order chi connectivity index (χ1) is 20.4. The highest BCUT2D eigenvalue weighted by Crippen LogP contribution is 2.31. The van der Waals surface area contributed by atoms with Crippen LogP contribution in [0.3, 0.4) is 0 Å². The molecule has 0 spiro atoms. The van der Waals surface area contributed by atoms with Crippen LogP contribution in [0.15, 0.2) is 59.0 Å². The van der Waals surface area contributed by atoms with E-state index in [1.54, 1.807) is 13.0 Å². The van der Waals surface area contributed by atoms with Gasteiger partial charge in [0.2, 0.25) is 0 Å². The molecule has 0 fully saturated rings. The fourth-order valence-corrected chi connectivity index (χ4v) is 5.61. The molecule has 0 aromatic carbocycles. The predicted molar refractivity (Wildman–Crippen MR) is 164 cm³/mol. The molecule has 10 heteroatoms. The smallest absolute Gasteiger partial charge is 0.303 e. The molecule has 2 amide bonds. The summed E-state index contributed by atoms with van der Waals surface area (Å²) in [6, 6.07) is 0. The van der Waals surface area contributed by atoms with Gasteiger partial charge in [-0.2, -0.15) is 0 Å². The molecular weight excluding hydrogens is 549 g/mol. The maximum absolute atomic E-state index is 12.3. The van der Waals surface area contributed by atoms with Crippen molar-refractivity contribution in [3.05, 3.63) is 104 Å². The van der Waals surface area contributed by atoms with Crippen LogP contribution in [0.1, 0.15) is 71.7 Å². The summed E-state index contributed by atoms with van der Waals surface area (Å²) in [4.78, 5) is 54.5. The molecule has 43 heavy (non-hydrogen) atoms. The maximum Gasteiger partial charge on any atom is 0.303 e. The third-order valence-electron chi connectivity index (χ3n) is 8.11. The molecule has 0 saturated carbocycles. The number of allylic oxidation sites excluding steroid dienone is 2. The standard InChI is InChI=1S/C33H36N4O6/c1-7-20-19(6)32(42)37-27(20)14-25-18(5)23(10-12-31(40)41)29(35-25)15-28-22(9-11-30(38)39)17(4)24(34-28)13-26-16(3)21(8-2)33(43)36-26/h7-8,13-14,34-35H,1-2,9-12,15H2,3-6H3,(H,36,43)(H,37,42)(H,38,39)(H,40,41)/b26-13-,27-14-/i15+1. The Morgan fingerprint density at radius 1 is 0.698 bits per heavy atom. The number of aromatic amines is 2. The van der Waals surface area contributed by atoms with E-state index in [-0.39, 0.29) is 37.5 Å². The number of carbonyl (C=O) groups excluding carboxylic acids is 2. The first-order valence-corrected chi connectivity index (χ1v) is 13.9. The van der Waals surface area contributed by atoms with E-state index in [0.29, 0.717) is 34.5 Å². The molecular formula is C33H36N4O6. The molecule has 2 aliphatic heterocycles. The highest BCUT2D eigenvalue weighted by Gasteiger charge is 2.25. The van der Waals surface area contributed by atoms with E-state index in [0.717, 1.165) is 50.6 Å². The fraction of sp³-hybridized carbons (Fsp3) is 0.273. The van der Waals surface area contributed by atoms with E-state index in [1.807, 2.05) is 32.9 Å². The molecule has 0 atom stereocenters. The third kappa shape index (κ3) is 6.23. The molecule has 2 aromatic rings. The van der Waals surface area contributed by atoms with Crippen LogP contribution in [-0.4, -0.2) is 43.9 Å². The van der Waals surface area contributed by atoms with E-state index in [4.69, 9.17) is 0 Å². The van der Waals surface area contributed by atoms with E-state index < -0.39 is 11.9 Å². The van der Waals surface area contributed by atoms with Crippen molar-refractivity contribution in [2.75, 3.05) is 0 Å². The molecule has 0 radical (unpaired) electrons. The van der Waals surface area contributed by atoms with E-state index in [9.17, 15) is 29.4 Å². The Balaban J connectivity index is 1.80. The highest BCUT2D eigenvalue weighted by atomic mass is 16.4. The Morgan fingerprint density at radius 3 is 1.60 bits per heavy atom. The summed E-state index contributed by atoms with van der Waals surface area (Å²) in [5, 5.41) is 24.6. The summed E-state index contributed by atoms with van der Waals surface area (Å²) < 4.78 is 0. The molecule has 2 aliphatic rings. The Kier molecular flexibility index (Phi) is 8.89. The molecule has 4 rings (SSSR count). The topological polar surface area (TPSA) is 164 Å². The number of hydrogen-bond donors (Lipinski definition) is 6. The number of carbonyl (C=O) groups is 4. The SMILES string of the molecule is C=CC1=C(C)/C(=C/c2[nH]c([13CH2]c3[nH]c(/C=C4\NC(=O)C(C)=C4C=C)c(C)c3CCC(=O)O)c(CCC(=O)O)c2C)NC1=O. The molecule has 0 saturated heterocycles. The Bertz CT molecular complexity index is 1710. The third-order valence-corrected chi connectivity index (χ3v) is 8.11. The first-order valence-electron chi connectivity index (χ1n) is 13.9. The Morgan fingerprint density at radius 2 is 1.16 bits per heavy atom. The number of amides is 2. The van der Waals surface area contributed by atoms with E-state index in [2.05, 4.69) is 33.8 Å². The zero-order valence-electron chi connectivity index (χ0n) is 24.8. The van der Waals surface area contributed by atoms with Crippen molar-refractivity contribution in [2.24, 2.45) is 0 Å². The lowest BCUT2D eigenvalue weighted by atomic mass is 10.0. The fourth-order valence-electron chi connectivity index (χ4n) is 5.61. The molecule has 224 valence electrons. The molecule has 0 aliphatic carbocycles. The summed E-state index contributed by atoms with van der Waals surface area (Å²) >= 11 is 0. The highest BCUT2D eigenvalue weighted by molar-refractivity contribution is 6.03. The normalized spacial score (nSPS) is 16.8. The van der Waals surface area contributed by atoms with Gasteiger partial charge in [0.05, 0.1) is 5.70 Å². The number of hydrogen-bond acceptors (Lipinski definition) is 4. The number of aliphatic carboxylic acids is 2. The van der Waals surface area contributed by atoms with Crippen LogP contribution in [0.4, 0.5) is 0 Å². The van der Waals surface area contributed by atoms with Gasteiger partial charge in [-0.25, -0.2) is 0 Å². The largest absolute Gasteiger partial charge is 0.481 e. The Labute approximate surface area is 249 Å². The van der Waals surface area contributed by atoms with Gasteiger partial charge in [-0.3, -0.25) is 19.2 Å². The van der Waals surface area contributed by atoms with E-state index >= 15 is 0 Å². The summed E-state index contributed by atoms with van der Waals surface area (Å²) in [6.07, 6.45) is 7.58. The van der Waals surface area contributed by atoms with Crippen LogP contribution in [0.25, 0.3) is 12.2 Å². The van der Waals surface area contributed by atoms with Crippen LogP contribution < -0.4 is 10.6 Å².